The highest BCUT2D eigenvalue weighted by atomic mass is 19.1. The summed E-state index contributed by atoms with van der Waals surface area (Å²) in [4.78, 5) is 19.7. The Morgan fingerprint density at radius 2 is 2.00 bits per heavy atom. The monoisotopic (exact) mass is 336 g/mol. The summed E-state index contributed by atoms with van der Waals surface area (Å²) in [6.45, 7) is 2.13. The first kappa shape index (κ1) is 15.2. The highest BCUT2D eigenvalue weighted by molar-refractivity contribution is 6.15. The van der Waals surface area contributed by atoms with Crippen LogP contribution in [0.5, 0.6) is 0 Å². The predicted molar refractivity (Wildman–Crippen MR) is 90.7 cm³/mol. The van der Waals surface area contributed by atoms with Gasteiger partial charge >= 0.3 is 0 Å². The molecule has 0 spiro atoms. The highest BCUT2D eigenvalue weighted by Gasteiger charge is 2.23. The molecule has 0 radical (unpaired) electrons. The first-order valence-electron chi connectivity index (χ1n) is 7.68. The minimum atomic E-state index is -0.468. The van der Waals surface area contributed by atoms with E-state index in [2.05, 4.69) is 9.98 Å². The largest absolute Gasteiger partial charge is 0.301 e. The number of hydrogen-bond donors (Lipinski definition) is 0. The van der Waals surface area contributed by atoms with Crippen molar-refractivity contribution in [1.29, 1.82) is 0 Å². The van der Waals surface area contributed by atoms with Crippen molar-refractivity contribution in [2.75, 3.05) is 0 Å². The van der Waals surface area contributed by atoms with Gasteiger partial charge in [0.15, 0.2) is 0 Å². The predicted octanol–water partition coefficient (Wildman–Crippen LogP) is 3.58. The number of fused-ring (bicyclic) bond motifs is 3. The topological polar surface area (TPSA) is 73.3 Å². The van der Waals surface area contributed by atoms with Crippen molar-refractivity contribution >= 4 is 11.4 Å². The van der Waals surface area contributed by atoms with Crippen molar-refractivity contribution in [1.82, 2.24) is 9.55 Å². The molecule has 0 N–H and O–H groups in total. The lowest BCUT2D eigenvalue weighted by Crippen LogP contribution is -2.09. The minimum absolute atomic E-state index is 0.0666. The van der Waals surface area contributed by atoms with Crippen LogP contribution in [-0.2, 0) is 6.54 Å². The van der Waals surface area contributed by atoms with Crippen molar-refractivity contribution in [3.63, 3.8) is 0 Å². The van der Waals surface area contributed by atoms with Gasteiger partial charge in [0.2, 0.25) is 0 Å². The highest BCUT2D eigenvalue weighted by Crippen LogP contribution is 2.29. The van der Waals surface area contributed by atoms with Gasteiger partial charge in [0.05, 0.1) is 28.6 Å². The molecule has 0 unspecified atom stereocenters. The zero-order valence-corrected chi connectivity index (χ0v) is 13.3. The molecule has 1 aliphatic rings. The van der Waals surface area contributed by atoms with Crippen molar-refractivity contribution in [2.45, 2.75) is 13.5 Å². The zero-order chi connectivity index (χ0) is 17.6. The van der Waals surface area contributed by atoms with Gasteiger partial charge in [0.1, 0.15) is 11.6 Å². The van der Waals surface area contributed by atoms with Crippen LogP contribution in [0.2, 0.25) is 0 Å². The molecule has 0 amide bonds. The van der Waals surface area contributed by atoms with Crippen LogP contribution in [-0.4, -0.2) is 20.2 Å². The van der Waals surface area contributed by atoms with E-state index in [9.17, 15) is 14.5 Å². The lowest BCUT2D eigenvalue weighted by molar-refractivity contribution is -0.384. The summed E-state index contributed by atoms with van der Waals surface area (Å²) in [7, 11) is 0. The molecular formula is C18H13FN4O2. The Balaban J connectivity index is 2.02. The molecule has 0 fully saturated rings. The number of nitro benzene ring substituents is 1. The number of non-ortho nitro benzene ring substituents is 1. The summed E-state index contributed by atoms with van der Waals surface area (Å²) >= 11 is 0. The fourth-order valence-corrected chi connectivity index (χ4v) is 3.02. The Morgan fingerprint density at radius 1 is 1.20 bits per heavy atom. The molecule has 6 nitrogen and oxygen atoms in total. The molecule has 0 bridgehead atoms. The maximum absolute atomic E-state index is 14.3. The van der Waals surface area contributed by atoms with Crippen LogP contribution in [0.4, 0.5) is 10.1 Å². The molecule has 0 aliphatic carbocycles. The van der Waals surface area contributed by atoms with Gasteiger partial charge in [-0.2, -0.15) is 0 Å². The number of nitrogens with zero attached hydrogens (tertiary/aromatic N) is 4. The molecular weight excluding hydrogens is 323 g/mol. The van der Waals surface area contributed by atoms with Gasteiger partial charge in [0.25, 0.3) is 5.69 Å². The van der Waals surface area contributed by atoms with E-state index >= 15 is 0 Å². The fraction of sp³-hybridized carbons (Fsp3) is 0.111. The van der Waals surface area contributed by atoms with Crippen LogP contribution in [0.15, 0.2) is 53.7 Å². The van der Waals surface area contributed by atoms with Crippen molar-refractivity contribution in [2.24, 2.45) is 4.99 Å². The van der Waals surface area contributed by atoms with Gasteiger partial charge in [-0.25, -0.2) is 9.37 Å². The number of aryl methyl sites for hydroxylation is 1. The van der Waals surface area contributed by atoms with Gasteiger partial charge in [0, 0.05) is 29.5 Å². The lowest BCUT2D eigenvalue weighted by atomic mass is 9.99. The quantitative estimate of drug-likeness (QED) is 0.530. The molecule has 2 heterocycles. The maximum atomic E-state index is 14.3. The standard InChI is InChI=1S/C18H13FN4O2/c1-11-10-22-16-7-6-12(23(24)25)8-14(16)18(20-9-17(22)21-11)13-4-2-3-5-15(13)19/h2-8,10H,9H2,1H3. The Hall–Kier alpha value is -3.35. The first-order chi connectivity index (χ1) is 12.0. The number of hydrogen-bond acceptors (Lipinski definition) is 4. The number of nitro groups is 1. The SMILES string of the molecule is Cc1cn2c(n1)CN=C(c1ccccc1F)c1cc([N+](=O)[O-])ccc1-2. The van der Waals surface area contributed by atoms with Gasteiger partial charge < -0.3 is 4.57 Å². The zero-order valence-electron chi connectivity index (χ0n) is 13.3. The molecule has 0 saturated heterocycles. The molecule has 4 rings (SSSR count). The van der Waals surface area contributed by atoms with Crippen LogP contribution in [0.1, 0.15) is 22.6 Å². The van der Waals surface area contributed by atoms with Gasteiger partial charge in [-0.3, -0.25) is 15.1 Å². The van der Waals surface area contributed by atoms with E-state index in [-0.39, 0.29) is 12.2 Å². The van der Waals surface area contributed by atoms with E-state index < -0.39 is 10.7 Å². The van der Waals surface area contributed by atoms with Crippen LogP contribution >= 0.6 is 0 Å². The molecule has 2 aromatic carbocycles. The number of aliphatic imine (C=N–C) groups is 1. The Bertz CT molecular complexity index is 1040. The average molecular weight is 336 g/mol. The lowest BCUT2D eigenvalue weighted by Gasteiger charge is -2.12. The number of benzene rings is 2. The summed E-state index contributed by atoms with van der Waals surface area (Å²) < 4.78 is 16.2. The number of imidazole rings is 1. The second-order valence-electron chi connectivity index (χ2n) is 5.77. The summed E-state index contributed by atoms with van der Waals surface area (Å²) in [5, 5.41) is 11.2. The maximum Gasteiger partial charge on any atom is 0.270 e. The normalized spacial score (nSPS) is 12.8. The van der Waals surface area contributed by atoms with Crippen molar-refractivity contribution in [3.8, 4) is 5.69 Å². The van der Waals surface area contributed by atoms with Gasteiger partial charge in [-0.15, -0.1) is 0 Å². The second kappa shape index (κ2) is 5.62. The Labute approximate surface area is 142 Å². The molecule has 7 heteroatoms. The average Bonchev–Trinajstić information content (AvgIpc) is 2.90. The van der Waals surface area contributed by atoms with Crippen molar-refractivity contribution in [3.05, 3.63) is 87.2 Å². The van der Waals surface area contributed by atoms with E-state index in [1.54, 1.807) is 24.3 Å². The summed E-state index contributed by atoms with van der Waals surface area (Å²) in [6, 6.07) is 10.8. The minimum Gasteiger partial charge on any atom is -0.301 e. The number of aromatic nitrogens is 2. The summed E-state index contributed by atoms with van der Waals surface area (Å²) in [5.74, 6) is 0.286. The third-order valence-electron chi connectivity index (χ3n) is 4.11. The summed E-state index contributed by atoms with van der Waals surface area (Å²) in [6.07, 6.45) is 1.85. The fourth-order valence-electron chi connectivity index (χ4n) is 3.02. The van der Waals surface area contributed by atoms with Crippen LogP contribution < -0.4 is 0 Å². The third-order valence-corrected chi connectivity index (χ3v) is 4.11. The second-order valence-corrected chi connectivity index (χ2v) is 5.77. The van der Waals surface area contributed by atoms with E-state index in [1.165, 1.54) is 18.2 Å². The van der Waals surface area contributed by atoms with E-state index in [0.717, 1.165) is 5.69 Å². The first-order valence-corrected chi connectivity index (χ1v) is 7.68. The molecule has 3 aromatic rings. The van der Waals surface area contributed by atoms with Crippen molar-refractivity contribution < 1.29 is 9.31 Å². The smallest absolute Gasteiger partial charge is 0.270 e. The Kier molecular flexibility index (Phi) is 3.42. The van der Waals surface area contributed by atoms with Gasteiger partial charge in [-0.05, 0) is 25.1 Å². The van der Waals surface area contributed by atoms with E-state index in [4.69, 9.17) is 0 Å². The van der Waals surface area contributed by atoms with Gasteiger partial charge in [-0.1, -0.05) is 12.1 Å². The van der Waals surface area contributed by atoms with E-state index in [1.807, 2.05) is 17.7 Å². The number of rotatable bonds is 2. The third kappa shape index (κ3) is 2.50. The van der Waals surface area contributed by atoms with Crippen LogP contribution in [0, 0.1) is 22.9 Å². The molecule has 124 valence electrons. The molecule has 25 heavy (non-hydrogen) atoms. The Morgan fingerprint density at radius 3 is 2.76 bits per heavy atom. The molecule has 0 saturated carbocycles. The number of halogens is 1. The molecule has 1 aromatic heterocycles. The van der Waals surface area contributed by atoms with E-state index in [0.29, 0.717) is 28.4 Å². The molecule has 1 aliphatic heterocycles. The summed E-state index contributed by atoms with van der Waals surface area (Å²) in [5.41, 5.74) is 2.66. The molecule has 0 atom stereocenters. The van der Waals surface area contributed by atoms with Crippen LogP contribution in [0.25, 0.3) is 5.69 Å². The van der Waals surface area contributed by atoms with Crippen LogP contribution in [0.3, 0.4) is 0 Å².